The fraction of sp³-hybridized carbons (Fsp3) is 0.583. The van der Waals surface area contributed by atoms with Crippen molar-refractivity contribution < 1.29 is 4.74 Å². The number of ether oxygens (including phenoxy) is 1. The summed E-state index contributed by atoms with van der Waals surface area (Å²) in [5, 5.41) is 11.5. The highest BCUT2D eigenvalue weighted by atomic mass is 16.5. The zero-order valence-corrected chi connectivity index (χ0v) is 20.1. The van der Waals surface area contributed by atoms with E-state index in [9.17, 15) is 0 Å². The van der Waals surface area contributed by atoms with Gasteiger partial charge in [-0.1, -0.05) is 30.3 Å². The van der Waals surface area contributed by atoms with Crippen LogP contribution in [0.3, 0.4) is 0 Å². The summed E-state index contributed by atoms with van der Waals surface area (Å²) in [6, 6.07) is 11.1. The van der Waals surface area contributed by atoms with Crippen LogP contribution in [-0.4, -0.2) is 60.5 Å². The third-order valence-electron chi connectivity index (χ3n) is 5.66. The Kier molecular flexibility index (Phi) is 10.5. The maximum atomic E-state index is 5.18. The third-order valence-corrected chi connectivity index (χ3v) is 5.66. The van der Waals surface area contributed by atoms with Crippen LogP contribution in [-0.2, 0) is 24.4 Å². The van der Waals surface area contributed by atoms with Crippen LogP contribution in [0.1, 0.15) is 42.8 Å². The average molecular weight is 429 g/mol. The highest BCUT2D eigenvalue weighted by Gasteiger charge is 2.12. The van der Waals surface area contributed by atoms with E-state index in [2.05, 4.69) is 78.8 Å². The van der Waals surface area contributed by atoms with E-state index in [1.807, 2.05) is 11.6 Å². The monoisotopic (exact) mass is 428 g/mol. The number of aromatic nitrogens is 2. The van der Waals surface area contributed by atoms with Crippen molar-refractivity contribution in [1.29, 1.82) is 0 Å². The van der Waals surface area contributed by atoms with E-state index in [0.29, 0.717) is 19.2 Å². The molecule has 172 valence electrons. The molecule has 0 saturated carbocycles. The van der Waals surface area contributed by atoms with Crippen molar-refractivity contribution in [2.24, 2.45) is 4.99 Å². The summed E-state index contributed by atoms with van der Waals surface area (Å²) in [5.74, 6) is 0.851. The van der Waals surface area contributed by atoms with Crippen LogP contribution in [0, 0.1) is 13.8 Å². The second-order valence-corrected chi connectivity index (χ2v) is 8.03. The maximum Gasteiger partial charge on any atom is 0.191 e. The number of nitrogens with zero attached hydrogens (tertiary/aromatic N) is 4. The SMILES string of the molecule is CCNC(=NCc1c(C)nn(CCOC)c1C)NCCC(C)N(C)Cc1ccccc1. The van der Waals surface area contributed by atoms with Gasteiger partial charge in [0.25, 0.3) is 0 Å². The lowest BCUT2D eigenvalue weighted by atomic mass is 10.1. The fourth-order valence-electron chi connectivity index (χ4n) is 3.51. The van der Waals surface area contributed by atoms with Crippen molar-refractivity contribution in [2.45, 2.75) is 59.8 Å². The summed E-state index contributed by atoms with van der Waals surface area (Å²) >= 11 is 0. The Hall–Kier alpha value is -2.38. The molecule has 0 aliphatic rings. The number of aliphatic imine (C=N–C) groups is 1. The molecule has 0 bridgehead atoms. The molecule has 0 fully saturated rings. The van der Waals surface area contributed by atoms with Crippen LogP contribution in [0.25, 0.3) is 0 Å². The molecule has 7 nitrogen and oxygen atoms in total. The lowest BCUT2D eigenvalue weighted by molar-refractivity contribution is 0.182. The minimum Gasteiger partial charge on any atom is -0.383 e. The minimum atomic E-state index is 0.471. The third kappa shape index (κ3) is 7.99. The molecule has 1 atom stereocenters. The van der Waals surface area contributed by atoms with Gasteiger partial charge >= 0.3 is 0 Å². The van der Waals surface area contributed by atoms with E-state index in [-0.39, 0.29) is 0 Å². The van der Waals surface area contributed by atoms with Crippen LogP contribution in [0.5, 0.6) is 0 Å². The number of aryl methyl sites for hydroxylation is 1. The molecule has 0 amide bonds. The summed E-state index contributed by atoms with van der Waals surface area (Å²) in [7, 11) is 3.90. The molecule has 0 aliphatic heterocycles. The van der Waals surface area contributed by atoms with Crippen LogP contribution in [0.2, 0.25) is 0 Å². The van der Waals surface area contributed by atoms with Crippen molar-refractivity contribution in [3.63, 3.8) is 0 Å². The van der Waals surface area contributed by atoms with Gasteiger partial charge in [0, 0.05) is 44.0 Å². The summed E-state index contributed by atoms with van der Waals surface area (Å²) in [4.78, 5) is 7.20. The quantitative estimate of drug-likeness (QED) is 0.402. The molecule has 1 aromatic carbocycles. The van der Waals surface area contributed by atoms with Gasteiger partial charge in [0.2, 0.25) is 0 Å². The minimum absolute atomic E-state index is 0.471. The number of benzene rings is 1. The number of hydrogen-bond acceptors (Lipinski definition) is 4. The normalized spacial score (nSPS) is 12.9. The first-order valence-electron chi connectivity index (χ1n) is 11.2. The maximum absolute atomic E-state index is 5.18. The molecular formula is C24H40N6O. The zero-order valence-electron chi connectivity index (χ0n) is 20.1. The van der Waals surface area contributed by atoms with Crippen molar-refractivity contribution in [2.75, 3.05) is 33.9 Å². The molecule has 1 unspecified atom stereocenters. The van der Waals surface area contributed by atoms with Crippen molar-refractivity contribution >= 4 is 5.96 Å². The van der Waals surface area contributed by atoms with Crippen LogP contribution >= 0.6 is 0 Å². The molecule has 2 N–H and O–H groups in total. The fourth-order valence-corrected chi connectivity index (χ4v) is 3.51. The van der Waals surface area contributed by atoms with Gasteiger partial charge in [0.15, 0.2) is 5.96 Å². The molecular weight excluding hydrogens is 388 g/mol. The summed E-state index contributed by atoms with van der Waals surface area (Å²) in [5.41, 5.74) is 4.72. The van der Waals surface area contributed by atoms with E-state index in [1.165, 1.54) is 11.1 Å². The number of rotatable bonds is 12. The molecule has 1 aromatic heterocycles. The van der Waals surface area contributed by atoms with Gasteiger partial charge in [-0.05, 0) is 46.7 Å². The Morgan fingerprint density at radius 3 is 2.65 bits per heavy atom. The Morgan fingerprint density at radius 2 is 1.97 bits per heavy atom. The number of hydrogen-bond donors (Lipinski definition) is 2. The molecule has 2 rings (SSSR count). The van der Waals surface area contributed by atoms with Crippen LogP contribution < -0.4 is 10.6 Å². The number of nitrogens with one attached hydrogen (secondary N) is 2. The van der Waals surface area contributed by atoms with E-state index in [0.717, 1.165) is 49.9 Å². The first-order chi connectivity index (χ1) is 15.0. The lowest BCUT2D eigenvalue weighted by Gasteiger charge is -2.25. The van der Waals surface area contributed by atoms with Crippen LogP contribution in [0.15, 0.2) is 35.3 Å². The van der Waals surface area contributed by atoms with Gasteiger partial charge < -0.3 is 15.4 Å². The van der Waals surface area contributed by atoms with E-state index in [1.54, 1.807) is 7.11 Å². The Bertz CT molecular complexity index is 802. The zero-order chi connectivity index (χ0) is 22.6. The predicted molar refractivity (Wildman–Crippen MR) is 128 cm³/mol. The first-order valence-corrected chi connectivity index (χ1v) is 11.2. The summed E-state index contributed by atoms with van der Waals surface area (Å²) < 4.78 is 7.19. The van der Waals surface area contributed by atoms with Crippen molar-refractivity contribution in [1.82, 2.24) is 25.3 Å². The Balaban J connectivity index is 1.88. The second-order valence-electron chi connectivity index (χ2n) is 8.03. The van der Waals surface area contributed by atoms with Gasteiger partial charge in [-0.3, -0.25) is 9.58 Å². The van der Waals surface area contributed by atoms with Gasteiger partial charge in [0.1, 0.15) is 0 Å². The van der Waals surface area contributed by atoms with E-state index in [4.69, 9.17) is 9.73 Å². The van der Waals surface area contributed by atoms with Gasteiger partial charge in [-0.25, -0.2) is 4.99 Å². The number of methoxy groups -OCH3 is 1. The summed E-state index contributed by atoms with van der Waals surface area (Å²) in [6.07, 6.45) is 1.04. The topological polar surface area (TPSA) is 66.7 Å². The van der Waals surface area contributed by atoms with E-state index >= 15 is 0 Å². The van der Waals surface area contributed by atoms with Crippen molar-refractivity contribution in [3.8, 4) is 0 Å². The van der Waals surface area contributed by atoms with Crippen LogP contribution in [0.4, 0.5) is 0 Å². The largest absolute Gasteiger partial charge is 0.383 e. The highest BCUT2D eigenvalue weighted by molar-refractivity contribution is 5.79. The van der Waals surface area contributed by atoms with Gasteiger partial charge in [0.05, 0.1) is 25.4 Å². The lowest BCUT2D eigenvalue weighted by Crippen LogP contribution is -2.40. The highest BCUT2D eigenvalue weighted by Crippen LogP contribution is 2.14. The molecule has 2 aromatic rings. The standard InChI is InChI=1S/C24H40N6O/c1-7-25-24(27-17-23-20(3)28-30(21(23)4)15-16-31-6)26-14-13-19(2)29(5)18-22-11-9-8-10-12-22/h8-12,19H,7,13-18H2,1-6H3,(H2,25,26,27). The predicted octanol–water partition coefficient (Wildman–Crippen LogP) is 3.11. The van der Waals surface area contributed by atoms with Gasteiger partial charge in [-0.15, -0.1) is 0 Å². The Morgan fingerprint density at radius 1 is 1.23 bits per heavy atom. The van der Waals surface area contributed by atoms with Crippen molar-refractivity contribution in [3.05, 3.63) is 52.8 Å². The van der Waals surface area contributed by atoms with Gasteiger partial charge in [-0.2, -0.15) is 5.10 Å². The molecule has 31 heavy (non-hydrogen) atoms. The molecule has 7 heteroatoms. The number of guanidine groups is 1. The molecule has 0 radical (unpaired) electrons. The molecule has 0 spiro atoms. The molecule has 0 aliphatic carbocycles. The molecule has 1 heterocycles. The Labute approximate surface area is 187 Å². The first kappa shape index (κ1) is 24.9. The van der Waals surface area contributed by atoms with E-state index < -0.39 is 0 Å². The summed E-state index contributed by atoms with van der Waals surface area (Å²) in [6.45, 7) is 13.2. The second kappa shape index (κ2) is 13.1. The average Bonchev–Trinajstić information content (AvgIpc) is 3.03. The molecule has 0 saturated heterocycles. The smallest absolute Gasteiger partial charge is 0.191 e.